The van der Waals surface area contributed by atoms with Crippen LogP contribution in [0.3, 0.4) is 0 Å². The third-order valence-corrected chi connectivity index (χ3v) is 3.14. The normalized spacial score (nSPS) is 27.9. The highest BCUT2D eigenvalue weighted by molar-refractivity contribution is 5.78. The van der Waals surface area contributed by atoms with E-state index in [4.69, 9.17) is 9.84 Å². The maximum atomic E-state index is 12.1. The Hall–Kier alpha value is -0.610. The molecule has 1 heterocycles. The fourth-order valence-electron chi connectivity index (χ4n) is 2.07. The van der Waals surface area contributed by atoms with Crippen LogP contribution in [0.2, 0.25) is 0 Å². The Morgan fingerprint density at radius 2 is 2.31 bits per heavy atom. The minimum Gasteiger partial charge on any atom is -0.394 e. The molecule has 0 bridgehead atoms. The summed E-state index contributed by atoms with van der Waals surface area (Å²) in [5, 5.41) is 9.06. The number of morpholine rings is 1. The molecule has 4 nitrogen and oxygen atoms in total. The van der Waals surface area contributed by atoms with E-state index < -0.39 is 0 Å². The van der Waals surface area contributed by atoms with E-state index in [0.29, 0.717) is 13.2 Å². The highest BCUT2D eigenvalue weighted by Crippen LogP contribution is 2.17. The molecule has 0 spiro atoms. The van der Waals surface area contributed by atoms with Crippen LogP contribution in [-0.2, 0) is 9.53 Å². The summed E-state index contributed by atoms with van der Waals surface area (Å²) >= 11 is 0. The van der Waals surface area contributed by atoms with Gasteiger partial charge in [0.25, 0.3) is 0 Å². The Morgan fingerprint density at radius 1 is 1.62 bits per heavy atom. The van der Waals surface area contributed by atoms with Gasteiger partial charge >= 0.3 is 0 Å². The molecule has 0 aromatic rings. The molecule has 0 radical (unpaired) electrons. The van der Waals surface area contributed by atoms with Crippen LogP contribution in [0.5, 0.6) is 0 Å². The lowest BCUT2D eigenvalue weighted by molar-refractivity contribution is -0.150. The molecule has 94 valence electrons. The Balaban J connectivity index is 2.58. The minimum atomic E-state index is -0.214. The van der Waals surface area contributed by atoms with Crippen molar-refractivity contribution in [2.24, 2.45) is 5.92 Å². The summed E-state index contributed by atoms with van der Waals surface area (Å²) < 4.78 is 5.42. The van der Waals surface area contributed by atoms with Crippen molar-refractivity contribution in [2.75, 3.05) is 19.8 Å². The molecule has 1 rings (SSSR count). The first-order chi connectivity index (χ1) is 7.60. The molecule has 1 fully saturated rings. The van der Waals surface area contributed by atoms with Crippen molar-refractivity contribution in [3.63, 3.8) is 0 Å². The topological polar surface area (TPSA) is 49.8 Å². The van der Waals surface area contributed by atoms with Gasteiger partial charge in [-0.1, -0.05) is 20.3 Å². The van der Waals surface area contributed by atoms with Gasteiger partial charge in [0.15, 0.2) is 0 Å². The van der Waals surface area contributed by atoms with Crippen LogP contribution in [-0.4, -0.2) is 47.8 Å². The number of amides is 1. The van der Waals surface area contributed by atoms with Crippen molar-refractivity contribution >= 4 is 5.91 Å². The van der Waals surface area contributed by atoms with Crippen molar-refractivity contribution in [3.8, 4) is 0 Å². The SMILES string of the molecule is CCCC(C)C(=O)N1CC(CO)OCC1C. The molecule has 0 aliphatic carbocycles. The molecular weight excluding hydrogens is 206 g/mol. The number of carbonyl (C=O) groups excluding carboxylic acids is 1. The summed E-state index contributed by atoms with van der Waals surface area (Å²) in [5.74, 6) is 0.265. The third-order valence-electron chi connectivity index (χ3n) is 3.14. The molecule has 1 N–H and O–H groups in total. The van der Waals surface area contributed by atoms with Crippen LogP contribution in [0.4, 0.5) is 0 Å². The molecule has 0 aromatic carbocycles. The second-order valence-electron chi connectivity index (χ2n) is 4.67. The van der Waals surface area contributed by atoms with Gasteiger partial charge in [-0.2, -0.15) is 0 Å². The minimum absolute atomic E-state index is 0.0152. The van der Waals surface area contributed by atoms with E-state index in [0.717, 1.165) is 12.8 Å². The molecular formula is C12H23NO3. The van der Waals surface area contributed by atoms with Crippen LogP contribution < -0.4 is 0 Å². The van der Waals surface area contributed by atoms with Gasteiger partial charge < -0.3 is 14.7 Å². The van der Waals surface area contributed by atoms with E-state index in [1.807, 2.05) is 18.7 Å². The molecule has 4 heteroatoms. The molecule has 1 aliphatic rings. The largest absolute Gasteiger partial charge is 0.394 e. The fraction of sp³-hybridized carbons (Fsp3) is 0.917. The maximum Gasteiger partial charge on any atom is 0.225 e. The van der Waals surface area contributed by atoms with Crippen LogP contribution >= 0.6 is 0 Å². The van der Waals surface area contributed by atoms with Crippen molar-refractivity contribution in [1.82, 2.24) is 4.90 Å². The molecule has 1 aliphatic heterocycles. The number of nitrogens with zero attached hydrogens (tertiary/aromatic N) is 1. The molecule has 1 saturated heterocycles. The summed E-state index contributed by atoms with van der Waals surface area (Å²) in [6.45, 7) is 7.08. The van der Waals surface area contributed by atoms with Gasteiger partial charge in [0.1, 0.15) is 0 Å². The second kappa shape index (κ2) is 6.21. The lowest BCUT2D eigenvalue weighted by atomic mass is 10.0. The van der Waals surface area contributed by atoms with Crippen LogP contribution in [0.1, 0.15) is 33.6 Å². The number of carbonyl (C=O) groups is 1. The number of hydrogen-bond acceptors (Lipinski definition) is 3. The zero-order valence-corrected chi connectivity index (χ0v) is 10.5. The monoisotopic (exact) mass is 229 g/mol. The number of ether oxygens (including phenoxy) is 1. The van der Waals surface area contributed by atoms with E-state index in [-0.39, 0.29) is 30.6 Å². The standard InChI is InChI=1S/C12H23NO3/c1-4-5-9(2)12(15)13-6-11(7-14)16-8-10(13)3/h9-11,14H,4-8H2,1-3H3. The molecule has 0 aromatic heterocycles. The van der Waals surface area contributed by atoms with Gasteiger partial charge in [0.05, 0.1) is 25.4 Å². The maximum absolute atomic E-state index is 12.1. The van der Waals surface area contributed by atoms with E-state index >= 15 is 0 Å². The number of hydrogen-bond donors (Lipinski definition) is 1. The second-order valence-corrected chi connectivity index (χ2v) is 4.67. The molecule has 3 atom stereocenters. The van der Waals surface area contributed by atoms with Gasteiger partial charge in [-0.05, 0) is 13.3 Å². The highest BCUT2D eigenvalue weighted by Gasteiger charge is 2.31. The van der Waals surface area contributed by atoms with Crippen LogP contribution in [0.15, 0.2) is 0 Å². The number of aliphatic hydroxyl groups is 1. The molecule has 0 saturated carbocycles. The van der Waals surface area contributed by atoms with Gasteiger partial charge in [-0.15, -0.1) is 0 Å². The van der Waals surface area contributed by atoms with E-state index in [1.54, 1.807) is 0 Å². The van der Waals surface area contributed by atoms with Crippen molar-refractivity contribution in [1.29, 1.82) is 0 Å². The van der Waals surface area contributed by atoms with Crippen molar-refractivity contribution in [3.05, 3.63) is 0 Å². The van der Waals surface area contributed by atoms with Crippen molar-refractivity contribution in [2.45, 2.75) is 45.8 Å². The van der Waals surface area contributed by atoms with E-state index in [9.17, 15) is 4.79 Å². The van der Waals surface area contributed by atoms with Crippen LogP contribution in [0.25, 0.3) is 0 Å². The highest BCUT2D eigenvalue weighted by atomic mass is 16.5. The lowest BCUT2D eigenvalue weighted by Crippen LogP contribution is -2.53. The Kier molecular flexibility index (Phi) is 5.22. The fourth-order valence-corrected chi connectivity index (χ4v) is 2.07. The summed E-state index contributed by atoms with van der Waals surface area (Å²) in [4.78, 5) is 14.0. The summed E-state index contributed by atoms with van der Waals surface area (Å²) in [5.41, 5.74) is 0. The van der Waals surface area contributed by atoms with Gasteiger partial charge in [0, 0.05) is 12.5 Å². The number of aliphatic hydroxyl groups excluding tert-OH is 1. The average molecular weight is 229 g/mol. The Bertz CT molecular complexity index is 232. The first kappa shape index (κ1) is 13.5. The predicted octanol–water partition coefficient (Wildman–Crippen LogP) is 1.03. The first-order valence-corrected chi connectivity index (χ1v) is 6.13. The quantitative estimate of drug-likeness (QED) is 0.783. The van der Waals surface area contributed by atoms with Gasteiger partial charge in [-0.3, -0.25) is 4.79 Å². The Labute approximate surface area is 97.6 Å². The Morgan fingerprint density at radius 3 is 2.88 bits per heavy atom. The lowest BCUT2D eigenvalue weighted by Gasteiger charge is -2.38. The van der Waals surface area contributed by atoms with Gasteiger partial charge in [-0.25, -0.2) is 0 Å². The summed E-state index contributed by atoms with van der Waals surface area (Å²) in [7, 11) is 0. The zero-order valence-electron chi connectivity index (χ0n) is 10.5. The predicted molar refractivity (Wildman–Crippen MR) is 62.1 cm³/mol. The average Bonchev–Trinajstić information content (AvgIpc) is 2.29. The van der Waals surface area contributed by atoms with Gasteiger partial charge in [0.2, 0.25) is 5.91 Å². The summed E-state index contributed by atoms with van der Waals surface area (Å²) in [6, 6.07) is 0.120. The first-order valence-electron chi connectivity index (χ1n) is 6.13. The smallest absolute Gasteiger partial charge is 0.225 e. The molecule has 3 unspecified atom stereocenters. The van der Waals surface area contributed by atoms with Crippen LogP contribution in [0, 0.1) is 5.92 Å². The molecule has 16 heavy (non-hydrogen) atoms. The number of rotatable bonds is 4. The third kappa shape index (κ3) is 3.19. The van der Waals surface area contributed by atoms with E-state index in [1.165, 1.54) is 0 Å². The zero-order chi connectivity index (χ0) is 12.1. The summed E-state index contributed by atoms with van der Waals surface area (Å²) in [6.07, 6.45) is 1.73. The molecule has 1 amide bonds. The van der Waals surface area contributed by atoms with Crippen molar-refractivity contribution < 1.29 is 14.6 Å². The van der Waals surface area contributed by atoms with E-state index in [2.05, 4.69) is 6.92 Å².